The van der Waals surface area contributed by atoms with Gasteiger partial charge < -0.3 is 14.9 Å². The topological polar surface area (TPSA) is 52.9 Å². The third-order valence-corrected chi connectivity index (χ3v) is 6.09. The second-order valence-corrected chi connectivity index (χ2v) is 8.34. The van der Waals surface area contributed by atoms with Crippen LogP contribution in [0, 0.1) is 5.41 Å². The maximum Gasteiger partial charge on any atom is 0.124 e. The summed E-state index contributed by atoms with van der Waals surface area (Å²) in [6.07, 6.45) is 5.45. The average molecular weight is 398 g/mol. The van der Waals surface area contributed by atoms with Crippen LogP contribution in [-0.4, -0.2) is 41.4 Å². The highest BCUT2D eigenvalue weighted by atomic mass is 16.5. The van der Waals surface area contributed by atoms with E-state index in [4.69, 9.17) is 4.74 Å². The first kappa shape index (κ1) is 21.8. The summed E-state index contributed by atoms with van der Waals surface area (Å²) in [5.74, 6) is 0.767. The van der Waals surface area contributed by atoms with Gasteiger partial charge in [0.1, 0.15) is 5.75 Å². The summed E-state index contributed by atoms with van der Waals surface area (Å²) < 4.78 is 5.60. The molecular formula is C25H35NO3. The minimum Gasteiger partial charge on any atom is -0.494 e. The smallest absolute Gasteiger partial charge is 0.124 e. The van der Waals surface area contributed by atoms with Gasteiger partial charge in [-0.05, 0) is 68.8 Å². The highest BCUT2D eigenvalue weighted by molar-refractivity contribution is 5.37. The number of rotatable bonds is 10. The van der Waals surface area contributed by atoms with Gasteiger partial charge in [0.15, 0.2) is 0 Å². The van der Waals surface area contributed by atoms with Crippen LogP contribution in [0.15, 0.2) is 48.5 Å². The van der Waals surface area contributed by atoms with Crippen LogP contribution in [0.3, 0.4) is 0 Å². The quantitative estimate of drug-likeness (QED) is 0.632. The lowest BCUT2D eigenvalue weighted by Gasteiger charge is -2.42. The predicted octanol–water partition coefficient (Wildman–Crippen LogP) is 4.18. The molecule has 1 fully saturated rings. The van der Waals surface area contributed by atoms with E-state index in [2.05, 4.69) is 47.4 Å². The Morgan fingerprint density at radius 1 is 1.07 bits per heavy atom. The molecule has 1 aliphatic rings. The van der Waals surface area contributed by atoms with Crippen LogP contribution in [0.4, 0.5) is 0 Å². The third-order valence-electron chi connectivity index (χ3n) is 6.09. The molecule has 0 aliphatic carbocycles. The van der Waals surface area contributed by atoms with Crippen LogP contribution in [0.25, 0.3) is 0 Å². The number of aryl methyl sites for hydroxylation is 1. The van der Waals surface area contributed by atoms with Gasteiger partial charge in [-0.15, -0.1) is 0 Å². The molecule has 0 unspecified atom stereocenters. The van der Waals surface area contributed by atoms with E-state index in [0.29, 0.717) is 6.61 Å². The fourth-order valence-corrected chi connectivity index (χ4v) is 4.58. The van der Waals surface area contributed by atoms with Gasteiger partial charge in [0.2, 0.25) is 0 Å². The molecule has 0 bridgehead atoms. The van der Waals surface area contributed by atoms with Crippen molar-refractivity contribution >= 4 is 0 Å². The molecule has 4 nitrogen and oxygen atoms in total. The summed E-state index contributed by atoms with van der Waals surface area (Å²) in [6.45, 7) is 5.63. The first-order valence-electron chi connectivity index (χ1n) is 10.9. The number of nitrogens with zero attached hydrogens (tertiary/aromatic N) is 1. The van der Waals surface area contributed by atoms with Crippen LogP contribution >= 0.6 is 0 Å². The molecule has 29 heavy (non-hydrogen) atoms. The van der Waals surface area contributed by atoms with Crippen molar-refractivity contribution in [3.63, 3.8) is 0 Å². The lowest BCUT2D eigenvalue weighted by molar-refractivity contribution is 0.0207. The van der Waals surface area contributed by atoms with Crippen molar-refractivity contribution in [2.45, 2.75) is 52.2 Å². The summed E-state index contributed by atoms with van der Waals surface area (Å²) in [4.78, 5) is 2.46. The van der Waals surface area contributed by atoms with Crippen molar-refractivity contribution in [2.75, 3.05) is 26.3 Å². The van der Waals surface area contributed by atoms with Gasteiger partial charge in [0, 0.05) is 30.7 Å². The average Bonchev–Trinajstić information content (AvgIpc) is 2.76. The Labute approximate surface area is 175 Å². The second kappa shape index (κ2) is 10.8. The van der Waals surface area contributed by atoms with E-state index < -0.39 is 0 Å². The Morgan fingerprint density at radius 3 is 2.62 bits per heavy atom. The van der Waals surface area contributed by atoms with E-state index >= 15 is 0 Å². The summed E-state index contributed by atoms with van der Waals surface area (Å²) >= 11 is 0. The van der Waals surface area contributed by atoms with Crippen molar-refractivity contribution < 1.29 is 14.9 Å². The SMILES string of the molecule is CCOc1ccc(CN2CCC[C@](CO)(CCCc3ccccc3)C2)cc1CO. The monoisotopic (exact) mass is 397 g/mol. The Bertz CT molecular complexity index is 749. The van der Waals surface area contributed by atoms with E-state index in [1.807, 2.05) is 13.0 Å². The maximum absolute atomic E-state index is 10.2. The highest BCUT2D eigenvalue weighted by Gasteiger charge is 2.34. The number of benzene rings is 2. The molecule has 2 N–H and O–H groups in total. The molecule has 0 spiro atoms. The highest BCUT2D eigenvalue weighted by Crippen LogP contribution is 2.35. The molecular weight excluding hydrogens is 362 g/mol. The Balaban J connectivity index is 1.59. The lowest BCUT2D eigenvalue weighted by atomic mass is 9.76. The number of hydrogen-bond donors (Lipinski definition) is 2. The van der Waals surface area contributed by atoms with Gasteiger partial charge >= 0.3 is 0 Å². The fourth-order valence-electron chi connectivity index (χ4n) is 4.58. The number of aliphatic hydroxyl groups is 2. The van der Waals surface area contributed by atoms with E-state index in [-0.39, 0.29) is 18.6 Å². The summed E-state index contributed by atoms with van der Waals surface area (Å²) in [5, 5.41) is 19.9. The molecule has 2 aromatic carbocycles. The van der Waals surface area contributed by atoms with Crippen molar-refractivity contribution in [2.24, 2.45) is 5.41 Å². The first-order valence-corrected chi connectivity index (χ1v) is 10.9. The fraction of sp³-hybridized carbons (Fsp3) is 0.520. The molecule has 2 aromatic rings. The molecule has 0 saturated carbocycles. The predicted molar refractivity (Wildman–Crippen MR) is 117 cm³/mol. The van der Waals surface area contributed by atoms with Crippen LogP contribution < -0.4 is 4.74 Å². The molecule has 0 aromatic heterocycles. The zero-order valence-electron chi connectivity index (χ0n) is 17.6. The third kappa shape index (κ3) is 6.05. The number of likely N-dealkylation sites (tertiary alicyclic amines) is 1. The molecule has 3 rings (SSSR count). The van der Waals surface area contributed by atoms with Gasteiger partial charge in [-0.2, -0.15) is 0 Å². The van der Waals surface area contributed by atoms with Gasteiger partial charge in [0.05, 0.1) is 13.2 Å². The molecule has 1 heterocycles. The summed E-state index contributed by atoms with van der Waals surface area (Å²) in [5.41, 5.74) is 3.41. The van der Waals surface area contributed by atoms with Crippen LogP contribution in [0.2, 0.25) is 0 Å². The summed E-state index contributed by atoms with van der Waals surface area (Å²) in [6, 6.07) is 16.7. The summed E-state index contributed by atoms with van der Waals surface area (Å²) in [7, 11) is 0. The van der Waals surface area contributed by atoms with Crippen molar-refractivity contribution in [1.29, 1.82) is 0 Å². The van der Waals surface area contributed by atoms with Crippen molar-refractivity contribution in [1.82, 2.24) is 4.90 Å². The minimum absolute atomic E-state index is 0.00188. The number of hydrogen-bond acceptors (Lipinski definition) is 4. The van der Waals surface area contributed by atoms with Gasteiger partial charge in [-0.1, -0.05) is 36.4 Å². The van der Waals surface area contributed by atoms with E-state index in [1.54, 1.807) is 0 Å². The maximum atomic E-state index is 10.2. The van der Waals surface area contributed by atoms with Crippen LogP contribution in [0.5, 0.6) is 5.75 Å². The molecule has 158 valence electrons. The lowest BCUT2D eigenvalue weighted by Crippen LogP contribution is -2.45. The molecule has 0 amide bonds. The van der Waals surface area contributed by atoms with E-state index in [1.165, 1.54) is 11.1 Å². The van der Waals surface area contributed by atoms with Gasteiger partial charge in [-0.25, -0.2) is 0 Å². The normalized spacial score (nSPS) is 20.0. The molecule has 1 saturated heterocycles. The van der Waals surface area contributed by atoms with E-state index in [9.17, 15) is 10.2 Å². The minimum atomic E-state index is -0.0107. The zero-order chi connectivity index (χ0) is 20.5. The zero-order valence-corrected chi connectivity index (χ0v) is 17.6. The van der Waals surface area contributed by atoms with E-state index in [0.717, 1.165) is 63.1 Å². The molecule has 1 aliphatic heterocycles. The number of aliphatic hydroxyl groups excluding tert-OH is 2. The van der Waals surface area contributed by atoms with Crippen molar-refractivity contribution in [3.05, 3.63) is 65.2 Å². The van der Waals surface area contributed by atoms with Gasteiger partial charge in [-0.3, -0.25) is 4.90 Å². The Hall–Kier alpha value is -1.88. The largest absolute Gasteiger partial charge is 0.494 e. The van der Waals surface area contributed by atoms with Crippen LogP contribution in [-0.2, 0) is 19.6 Å². The first-order chi connectivity index (χ1) is 14.2. The standard InChI is InChI=1S/C25H35NO3/c1-2-29-24-12-11-22(16-23(24)18-27)17-26-15-7-14-25(19-26,20-28)13-6-10-21-8-4-3-5-9-21/h3-5,8-9,11-12,16,27-28H,2,6-7,10,13-15,17-20H2,1H3/t25-/m1/s1. The van der Waals surface area contributed by atoms with Gasteiger partial charge in [0.25, 0.3) is 0 Å². The second-order valence-electron chi connectivity index (χ2n) is 8.34. The molecule has 0 radical (unpaired) electrons. The van der Waals surface area contributed by atoms with Crippen molar-refractivity contribution in [3.8, 4) is 5.75 Å². The Kier molecular flexibility index (Phi) is 8.10. The molecule has 4 heteroatoms. The van der Waals surface area contributed by atoms with Crippen LogP contribution in [0.1, 0.15) is 49.3 Å². The molecule has 1 atom stereocenters. The number of piperidine rings is 1. The Morgan fingerprint density at radius 2 is 1.90 bits per heavy atom. The number of ether oxygens (including phenoxy) is 1.